The number of nitriles is 1. The van der Waals surface area contributed by atoms with Crippen molar-refractivity contribution in [2.45, 2.75) is 20.8 Å². The van der Waals surface area contributed by atoms with Crippen molar-refractivity contribution in [2.24, 2.45) is 5.41 Å². The minimum absolute atomic E-state index is 0.314. The van der Waals surface area contributed by atoms with Gasteiger partial charge in [-0.3, -0.25) is 9.78 Å². The molecule has 0 saturated carbocycles. The molecule has 1 amide bonds. The Labute approximate surface area is 112 Å². The highest BCUT2D eigenvalue weighted by molar-refractivity contribution is 6.03. The molecule has 1 heterocycles. The first kappa shape index (κ1) is 13.0. The Morgan fingerprint density at radius 3 is 2.74 bits per heavy atom. The lowest BCUT2D eigenvalue weighted by atomic mass is 9.94. The van der Waals surface area contributed by atoms with Crippen molar-refractivity contribution in [1.82, 2.24) is 4.98 Å². The Kier molecular flexibility index (Phi) is 3.22. The summed E-state index contributed by atoms with van der Waals surface area (Å²) in [7, 11) is 0. The highest BCUT2D eigenvalue weighted by atomic mass is 16.2. The number of aromatic nitrogens is 1. The van der Waals surface area contributed by atoms with E-state index < -0.39 is 5.41 Å². The summed E-state index contributed by atoms with van der Waals surface area (Å²) >= 11 is 0. The second-order valence-corrected chi connectivity index (χ2v) is 5.02. The molecule has 19 heavy (non-hydrogen) atoms. The number of anilines is 1. The monoisotopic (exact) mass is 253 g/mol. The third-order valence-corrected chi connectivity index (χ3v) is 2.94. The van der Waals surface area contributed by atoms with Gasteiger partial charge in [-0.25, -0.2) is 0 Å². The predicted molar refractivity (Wildman–Crippen MR) is 74.5 cm³/mol. The molecule has 0 saturated heterocycles. The second kappa shape index (κ2) is 4.69. The fourth-order valence-electron chi connectivity index (χ4n) is 1.74. The average molecular weight is 253 g/mol. The Morgan fingerprint density at radius 1 is 1.37 bits per heavy atom. The molecule has 0 aliphatic rings. The van der Waals surface area contributed by atoms with E-state index in [0.29, 0.717) is 5.69 Å². The number of hydrogen-bond acceptors (Lipinski definition) is 3. The molecular formula is C15H15N3O. The maximum absolute atomic E-state index is 12.1. The van der Waals surface area contributed by atoms with Gasteiger partial charge in [-0.15, -0.1) is 0 Å². The van der Waals surface area contributed by atoms with Crippen molar-refractivity contribution in [3.8, 4) is 6.07 Å². The van der Waals surface area contributed by atoms with Crippen LogP contribution in [0.1, 0.15) is 19.5 Å². The number of fused-ring (bicyclic) bond motifs is 1. The highest BCUT2D eigenvalue weighted by Crippen LogP contribution is 2.25. The summed E-state index contributed by atoms with van der Waals surface area (Å²) in [6.07, 6.45) is 0. The normalized spacial score (nSPS) is 11.1. The van der Waals surface area contributed by atoms with Crippen molar-refractivity contribution < 1.29 is 4.79 Å². The Hall–Kier alpha value is -2.41. The van der Waals surface area contributed by atoms with Crippen molar-refractivity contribution in [2.75, 3.05) is 5.32 Å². The Balaban J connectivity index is 2.47. The SMILES string of the molecule is Cc1cc(NC(=O)C(C)(C)C#N)c2ccccc2n1. The largest absolute Gasteiger partial charge is 0.324 e. The first-order chi connectivity index (χ1) is 8.94. The summed E-state index contributed by atoms with van der Waals surface area (Å²) in [5.41, 5.74) is 1.28. The minimum Gasteiger partial charge on any atom is -0.324 e. The third kappa shape index (κ3) is 2.55. The average Bonchev–Trinajstić information content (AvgIpc) is 2.38. The molecule has 2 aromatic rings. The fourth-order valence-corrected chi connectivity index (χ4v) is 1.74. The van der Waals surface area contributed by atoms with E-state index in [4.69, 9.17) is 5.26 Å². The van der Waals surface area contributed by atoms with Crippen LogP contribution < -0.4 is 5.32 Å². The number of rotatable bonds is 2. The number of nitrogens with one attached hydrogen (secondary N) is 1. The van der Waals surface area contributed by atoms with E-state index >= 15 is 0 Å². The van der Waals surface area contributed by atoms with E-state index in [0.717, 1.165) is 16.6 Å². The summed E-state index contributed by atoms with van der Waals surface area (Å²) in [6, 6.07) is 11.4. The van der Waals surface area contributed by atoms with Gasteiger partial charge in [0.1, 0.15) is 5.41 Å². The minimum atomic E-state index is -1.06. The number of nitrogens with zero attached hydrogens (tertiary/aromatic N) is 2. The van der Waals surface area contributed by atoms with Crippen LogP contribution in [0.25, 0.3) is 10.9 Å². The van der Waals surface area contributed by atoms with E-state index in [-0.39, 0.29) is 5.91 Å². The number of pyridine rings is 1. The predicted octanol–water partition coefficient (Wildman–Crippen LogP) is 3.03. The number of carbonyl (C=O) groups excluding carboxylic acids is 1. The van der Waals surface area contributed by atoms with Crippen LogP contribution in [0.3, 0.4) is 0 Å². The molecule has 96 valence electrons. The van der Waals surface area contributed by atoms with E-state index in [1.807, 2.05) is 43.3 Å². The molecule has 0 unspecified atom stereocenters. The summed E-state index contributed by atoms with van der Waals surface area (Å²) in [5.74, 6) is -0.314. The first-order valence-electron chi connectivity index (χ1n) is 6.03. The second-order valence-electron chi connectivity index (χ2n) is 5.02. The van der Waals surface area contributed by atoms with Crippen molar-refractivity contribution in [3.63, 3.8) is 0 Å². The van der Waals surface area contributed by atoms with Crippen LogP contribution in [0.2, 0.25) is 0 Å². The number of benzene rings is 1. The van der Waals surface area contributed by atoms with Gasteiger partial charge in [0.05, 0.1) is 17.3 Å². The van der Waals surface area contributed by atoms with Gasteiger partial charge in [-0.2, -0.15) is 5.26 Å². The standard InChI is InChI=1S/C15H15N3O/c1-10-8-13(18-14(19)15(2,3)9-16)11-6-4-5-7-12(11)17-10/h4-8H,1-3H3,(H,17,18,19). The number of para-hydroxylation sites is 1. The zero-order valence-corrected chi connectivity index (χ0v) is 11.2. The molecule has 0 bridgehead atoms. The van der Waals surface area contributed by atoms with Gasteiger partial charge in [0.15, 0.2) is 0 Å². The zero-order chi connectivity index (χ0) is 14.0. The van der Waals surface area contributed by atoms with Gasteiger partial charge in [0.25, 0.3) is 0 Å². The van der Waals surface area contributed by atoms with Gasteiger partial charge < -0.3 is 5.32 Å². The topological polar surface area (TPSA) is 65.8 Å². The molecular weight excluding hydrogens is 238 g/mol. The molecule has 1 aromatic carbocycles. The zero-order valence-electron chi connectivity index (χ0n) is 11.2. The molecule has 0 atom stereocenters. The molecule has 0 spiro atoms. The van der Waals surface area contributed by atoms with Crippen LogP contribution in [0, 0.1) is 23.7 Å². The third-order valence-electron chi connectivity index (χ3n) is 2.94. The van der Waals surface area contributed by atoms with Crippen LogP contribution in [-0.4, -0.2) is 10.9 Å². The van der Waals surface area contributed by atoms with E-state index in [1.165, 1.54) is 0 Å². The summed E-state index contributed by atoms with van der Waals surface area (Å²) < 4.78 is 0. The van der Waals surface area contributed by atoms with Gasteiger partial charge in [-0.1, -0.05) is 18.2 Å². The molecule has 4 heteroatoms. The van der Waals surface area contributed by atoms with E-state index in [1.54, 1.807) is 13.8 Å². The number of amides is 1. The smallest absolute Gasteiger partial charge is 0.244 e. The molecule has 2 rings (SSSR count). The molecule has 0 aliphatic heterocycles. The van der Waals surface area contributed by atoms with Gasteiger partial charge in [-0.05, 0) is 32.9 Å². The molecule has 4 nitrogen and oxygen atoms in total. The van der Waals surface area contributed by atoms with Crippen molar-refractivity contribution >= 4 is 22.5 Å². The van der Waals surface area contributed by atoms with Crippen molar-refractivity contribution in [1.29, 1.82) is 5.26 Å². The van der Waals surface area contributed by atoms with Crippen LogP contribution in [0.15, 0.2) is 30.3 Å². The number of hydrogen-bond donors (Lipinski definition) is 1. The van der Waals surface area contributed by atoms with Crippen LogP contribution in [0.4, 0.5) is 5.69 Å². The summed E-state index contributed by atoms with van der Waals surface area (Å²) in [5, 5.41) is 12.7. The van der Waals surface area contributed by atoms with Crippen LogP contribution in [0.5, 0.6) is 0 Å². The highest BCUT2D eigenvalue weighted by Gasteiger charge is 2.27. The summed E-state index contributed by atoms with van der Waals surface area (Å²) in [4.78, 5) is 16.5. The molecule has 1 aromatic heterocycles. The molecule has 0 aliphatic carbocycles. The maximum atomic E-state index is 12.1. The first-order valence-corrected chi connectivity index (χ1v) is 6.03. The quantitative estimate of drug-likeness (QED) is 0.894. The lowest BCUT2D eigenvalue weighted by Gasteiger charge is -2.16. The molecule has 1 N–H and O–H groups in total. The number of aryl methyl sites for hydroxylation is 1. The lowest BCUT2D eigenvalue weighted by molar-refractivity contribution is -0.121. The Morgan fingerprint density at radius 2 is 2.05 bits per heavy atom. The maximum Gasteiger partial charge on any atom is 0.244 e. The van der Waals surface area contributed by atoms with Gasteiger partial charge in [0.2, 0.25) is 5.91 Å². The van der Waals surface area contributed by atoms with E-state index in [2.05, 4.69) is 10.3 Å². The van der Waals surface area contributed by atoms with Crippen LogP contribution in [-0.2, 0) is 4.79 Å². The molecule has 0 radical (unpaired) electrons. The van der Waals surface area contributed by atoms with Gasteiger partial charge in [0, 0.05) is 11.1 Å². The molecule has 0 fully saturated rings. The summed E-state index contributed by atoms with van der Waals surface area (Å²) in [6.45, 7) is 5.06. The van der Waals surface area contributed by atoms with E-state index in [9.17, 15) is 4.79 Å². The number of carbonyl (C=O) groups is 1. The lowest BCUT2D eigenvalue weighted by Crippen LogP contribution is -2.29. The fraction of sp³-hybridized carbons (Fsp3) is 0.267. The Bertz CT molecular complexity index is 683. The van der Waals surface area contributed by atoms with Crippen LogP contribution >= 0.6 is 0 Å². The van der Waals surface area contributed by atoms with Gasteiger partial charge >= 0.3 is 0 Å². The van der Waals surface area contributed by atoms with Crippen molar-refractivity contribution in [3.05, 3.63) is 36.0 Å².